The van der Waals surface area contributed by atoms with Crippen LogP contribution in [0.2, 0.25) is 5.02 Å². The molecule has 1 amide bonds. The van der Waals surface area contributed by atoms with E-state index in [0.29, 0.717) is 29.5 Å². The first-order valence-corrected chi connectivity index (χ1v) is 10.5. The molecule has 0 saturated carbocycles. The number of carbonyl (C=O) groups is 1. The van der Waals surface area contributed by atoms with Gasteiger partial charge in [0.2, 0.25) is 0 Å². The average Bonchev–Trinajstić information content (AvgIpc) is 2.75. The highest BCUT2D eigenvalue weighted by atomic mass is 35.5. The first kappa shape index (κ1) is 21.3. The van der Waals surface area contributed by atoms with Crippen LogP contribution in [0.3, 0.4) is 0 Å². The smallest absolute Gasteiger partial charge is 0.251 e. The Hall–Kier alpha value is -2.46. The fraction of sp³-hybridized carbons (Fsp3) is 0.375. The Morgan fingerprint density at radius 1 is 1.17 bits per heavy atom. The van der Waals surface area contributed by atoms with Gasteiger partial charge in [0.25, 0.3) is 5.91 Å². The lowest BCUT2D eigenvalue weighted by atomic mass is 9.97. The van der Waals surface area contributed by atoms with Gasteiger partial charge in [-0.25, -0.2) is 0 Å². The summed E-state index contributed by atoms with van der Waals surface area (Å²) in [7, 11) is 1.61. The van der Waals surface area contributed by atoms with Gasteiger partial charge in [0.05, 0.1) is 7.11 Å². The van der Waals surface area contributed by atoms with Crippen molar-refractivity contribution in [3.8, 4) is 11.5 Å². The molecule has 0 heterocycles. The molecule has 0 fully saturated rings. The molecule has 154 valence electrons. The summed E-state index contributed by atoms with van der Waals surface area (Å²) in [5.74, 6) is 1.34. The number of amides is 1. The van der Waals surface area contributed by atoms with E-state index in [-0.39, 0.29) is 5.91 Å². The Bertz CT molecular complexity index is 892. The number of halogens is 1. The van der Waals surface area contributed by atoms with E-state index in [1.807, 2.05) is 37.3 Å². The number of hydrogen-bond donors (Lipinski definition) is 1. The summed E-state index contributed by atoms with van der Waals surface area (Å²) >= 11 is 6.07. The standard InChI is InChI=1S/C24H28ClNO3/c1-17-14-21(9-10-22(17)25)29-16-20-15-19(8-11-23(20)28-2)24(27)26-13-12-18-6-4-3-5-7-18/h6,8-11,14-15H,3-5,7,12-13,16H2,1-2H3,(H,26,27). The Balaban J connectivity index is 1.61. The molecule has 0 radical (unpaired) electrons. The van der Waals surface area contributed by atoms with E-state index in [0.717, 1.165) is 36.1 Å². The maximum atomic E-state index is 12.6. The number of methoxy groups -OCH3 is 1. The highest BCUT2D eigenvalue weighted by molar-refractivity contribution is 6.31. The highest BCUT2D eigenvalue weighted by Gasteiger charge is 2.12. The first-order valence-electron chi connectivity index (χ1n) is 10.1. The zero-order chi connectivity index (χ0) is 20.6. The summed E-state index contributed by atoms with van der Waals surface area (Å²) in [4.78, 5) is 12.6. The van der Waals surface area contributed by atoms with Crippen molar-refractivity contribution >= 4 is 17.5 Å². The van der Waals surface area contributed by atoms with E-state index in [1.165, 1.54) is 18.4 Å². The van der Waals surface area contributed by atoms with E-state index in [9.17, 15) is 4.79 Å². The molecule has 0 saturated heterocycles. The van der Waals surface area contributed by atoms with Crippen LogP contribution in [0.4, 0.5) is 0 Å². The van der Waals surface area contributed by atoms with Gasteiger partial charge in [0, 0.05) is 22.7 Å². The lowest BCUT2D eigenvalue weighted by Gasteiger charge is -2.14. The van der Waals surface area contributed by atoms with Gasteiger partial charge in [-0.3, -0.25) is 4.79 Å². The van der Waals surface area contributed by atoms with Crippen molar-refractivity contribution in [1.82, 2.24) is 5.32 Å². The molecule has 5 heteroatoms. The van der Waals surface area contributed by atoms with Gasteiger partial charge in [-0.1, -0.05) is 23.3 Å². The lowest BCUT2D eigenvalue weighted by Crippen LogP contribution is -2.25. The number of nitrogens with one attached hydrogen (secondary N) is 1. The minimum Gasteiger partial charge on any atom is -0.496 e. The normalized spacial score (nSPS) is 13.6. The van der Waals surface area contributed by atoms with Crippen LogP contribution in [0.15, 0.2) is 48.0 Å². The second-order valence-electron chi connectivity index (χ2n) is 7.34. The van der Waals surface area contributed by atoms with E-state index >= 15 is 0 Å². The number of benzene rings is 2. The lowest BCUT2D eigenvalue weighted by molar-refractivity contribution is 0.0954. The third-order valence-corrected chi connectivity index (χ3v) is 5.61. The Kier molecular flexibility index (Phi) is 7.59. The molecule has 0 unspecified atom stereocenters. The first-order chi connectivity index (χ1) is 14.1. The Labute approximate surface area is 177 Å². The summed E-state index contributed by atoms with van der Waals surface area (Å²) in [5.41, 5.74) is 3.84. The van der Waals surface area contributed by atoms with Crippen molar-refractivity contribution in [2.75, 3.05) is 13.7 Å². The molecule has 1 aliphatic rings. The second kappa shape index (κ2) is 10.4. The van der Waals surface area contributed by atoms with Gasteiger partial charge in [0.15, 0.2) is 0 Å². The van der Waals surface area contributed by atoms with Gasteiger partial charge < -0.3 is 14.8 Å². The quantitative estimate of drug-likeness (QED) is 0.551. The van der Waals surface area contributed by atoms with E-state index in [2.05, 4.69) is 11.4 Å². The molecule has 3 rings (SSSR count). The van der Waals surface area contributed by atoms with Crippen molar-refractivity contribution in [2.24, 2.45) is 0 Å². The number of hydrogen-bond acceptors (Lipinski definition) is 3. The number of rotatable bonds is 8. The second-order valence-corrected chi connectivity index (χ2v) is 7.75. The van der Waals surface area contributed by atoms with Crippen LogP contribution in [-0.2, 0) is 6.61 Å². The van der Waals surface area contributed by atoms with Crippen molar-refractivity contribution in [1.29, 1.82) is 0 Å². The largest absolute Gasteiger partial charge is 0.496 e. The van der Waals surface area contributed by atoms with E-state index in [4.69, 9.17) is 21.1 Å². The van der Waals surface area contributed by atoms with Crippen LogP contribution in [0, 0.1) is 6.92 Å². The van der Waals surface area contributed by atoms with Crippen molar-refractivity contribution in [3.63, 3.8) is 0 Å². The predicted molar refractivity (Wildman–Crippen MR) is 117 cm³/mol. The molecular weight excluding hydrogens is 386 g/mol. The third kappa shape index (κ3) is 6.01. The summed E-state index contributed by atoms with van der Waals surface area (Å²) in [6.45, 7) is 2.90. The zero-order valence-corrected chi connectivity index (χ0v) is 17.8. The molecule has 2 aromatic carbocycles. The summed E-state index contributed by atoms with van der Waals surface area (Å²) < 4.78 is 11.3. The van der Waals surface area contributed by atoms with Gasteiger partial charge in [-0.05, 0) is 81.0 Å². The van der Waals surface area contributed by atoms with E-state index in [1.54, 1.807) is 13.2 Å². The molecular formula is C24H28ClNO3. The molecule has 0 spiro atoms. The molecule has 29 heavy (non-hydrogen) atoms. The fourth-order valence-corrected chi connectivity index (χ4v) is 3.59. The monoisotopic (exact) mass is 413 g/mol. The van der Waals surface area contributed by atoms with Crippen LogP contribution < -0.4 is 14.8 Å². The number of ether oxygens (including phenoxy) is 2. The zero-order valence-electron chi connectivity index (χ0n) is 17.1. The molecule has 0 bridgehead atoms. The molecule has 2 aromatic rings. The third-order valence-electron chi connectivity index (χ3n) is 5.18. The summed E-state index contributed by atoms with van der Waals surface area (Å²) in [6, 6.07) is 11.0. The fourth-order valence-electron chi connectivity index (χ4n) is 3.47. The Morgan fingerprint density at radius 3 is 2.76 bits per heavy atom. The van der Waals surface area contributed by atoms with Crippen molar-refractivity contribution in [2.45, 2.75) is 45.6 Å². The Morgan fingerprint density at radius 2 is 2.03 bits per heavy atom. The van der Waals surface area contributed by atoms with Gasteiger partial charge in [0.1, 0.15) is 18.1 Å². The highest BCUT2D eigenvalue weighted by Crippen LogP contribution is 2.25. The number of carbonyl (C=O) groups excluding carboxylic acids is 1. The van der Waals surface area contributed by atoms with Crippen LogP contribution >= 0.6 is 11.6 Å². The molecule has 0 aromatic heterocycles. The summed E-state index contributed by atoms with van der Waals surface area (Å²) in [5, 5.41) is 3.73. The molecule has 0 aliphatic heterocycles. The van der Waals surface area contributed by atoms with Crippen LogP contribution in [0.25, 0.3) is 0 Å². The van der Waals surface area contributed by atoms with Crippen molar-refractivity contribution < 1.29 is 14.3 Å². The molecule has 0 atom stereocenters. The number of allylic oxidation sites excluding steroid dienone is 1. The van der Waals surface area contributed by atoms with Gasteiger partial charge in [-0.15, -0.1) is 0 Å². The van der Waals surface area contributed by atoms with Gasteiger partial charge >= 0.3 is 0 Å². The van der Waals surface area contributed by atoms with Crippen molar-refractivity contribution in [3.05, 3.63) is 69.8 Å². The van der Waals surface area contributed by atoms with Crippen LogP contribution in [-0.4, -0.2) is 19.6 Å². The SMILES string of the molecule is COc1ccc(C(=O)NCCC2=CCCCC2)cc1COc1ccc(Cl)c(C)c1. The van der Waals surface area contributed by atoms with Gasteiger partial charge in [-0.2, -0.15) is 0 Å². The molecule has 1 N–H and O–H groups in total. The maximum Gasteiger partial charge on any atom is 0.251 e. The van der Waals surface area contributed by atoms with Crippen LogP contribution in [0.5, 0.6) is 11.5 Å². The summed E-state index contributed by atoms with van der Waals surface area (Å²) in [6.07, 6.45) is 8.10. The maximum absolute atomic E-state index is 12.6. The van der Waals surface area contributed by atoms with Crippen LogP contribution in [0.1, 0.15) is 53.6 Å². The average molecular weight is 414 g/mol. The minimum atomic E-state index is -0.0763. The minimum absolute atomic E-state index is 0.0763. The number of aryl methyl sites for hydroxylation is 1. The van der Waals surface area contributed by atoms with E-state index < -0.39 is 0 Å². The molecule has 4 nitrogen and oxygen atoms in total. The predicted octanol–water partition coefficient (Wildman–Crippen LogP) is 5.86. The molecule has 1 aliphatic carbocycles. The topological polar surface area (TPSA) is 47.6 Å².